The van der Waals surface area contributed by atoms with Gasteiger partial charge in [0.1, 0.15) is 5.56 Å². The van der Waals surface area contributed by atoms with Crippen molar-refractivity contribution in [3.63, 3.8) is 0 Å². The molecule has 0 aliphatic rings. The fraction of sp³-hybridized carbons (Fsp3) is 0. The van der Waals surface area contributed by atoms with Gasteiger partial charge in [-0.15, -0.1) is 0 Å². The molecule has 3 aromatic rings. The van der Waals surface area contributed by atoms with Crippen molar-refractivity contribution in [1.29, 1.82) is 0 Å². The summed E-state index contributed by atoms with van der Waals surface area (Å²) in [6.07, 6.45) is 0. The van der Waals surface area contributed by atoms with E-state index in [0.717, 1.165) is 5.39 Å². The first-order valence-electron chi connectivity index (χ1n) is 6.57. The molecule has 3 N–H and O–H groups in total. The van der Waals surface area contributed by atoms with Gasteiger partial charge in [0.25, 0.3) is 0 Å². The zero-order valence-corrected chi connectivity index (χ0v) is 12.1. The number of carboxylic acids is 1. The molecule has 5 heteroatoms. The van der Waals surface area contributed by atoms with Crippen LogP contribution in [-0.4, -0.2) is 16.2 Å². The fourth-order valence-electron chi connectivity index (χ4n) is 2.34. The van der Waals surface area contributed by atoms with Gasteiger partial charge in [-0.3, -0.25) is 0 Å². The summed E-state index contributed by atoms with van der Waals surface area (Å²) in [7, 11) is 0. The Hall–Kier alpha value is -2.72. The second kappa shape index (κ2) is 5.58. The van der Waals surface area contributed by atoms with Crippen LogP contribution in [0.15, 0.2) is 54.6 Å². The Balaban J connectivity index is 2.15. The van der Waals surface area contributed by atoms with Crippen LogP contribution in [0.5, 0.6) is 5.75 Å². The molecule has 0 saturated heterocycles. The largest absolute Gasteiger partial charge is 0.505 e. The molecule has 0 amide bonds. The number of aromatic carboxylic acids is 1. The van der Waals surface area contributed by atoms with E-state index in [1.165, 1.54) is 0 Å². The Morgan fingerprint density at radius 2 is 1.73 bits per heavy atom. The number of nitrogens with one attached hydrogen (secondary N) is 1. The first-order chi connectivity index (χ1) is 10.6. The summed E-state index contributed by atoms with van der Waals surface area (Å²) in [5, 5.41) is 24.5. The molecular weight excluding hydrogens is 302 g/mol. The summed E-state index contributed by atoms with van der Waals surface area (Å²) < 4.78 is 0. The summed E-state index contributed by atoms with van der Waals surface area (Å²) in [5.41, 5.74) is 0.916. The number of rotatable bonds is 3. The van der Waals surface area contributed by atoms with Crippen LogP contribution in [0.4, 0.5) is 11.4 Å². The van der Waals surface area contributed by atoms with E-state index in [1.807, 2.05) is 6.07 Å². The minimum absolute atomic E-state index is 0.116. The summed E-state index contributed by atoms with van der Waals surface area (Å²) >= 11 is 5.84. The molecule has 0 aliphatic heterocycles. The van der Waals surface area contributed by atoms with Crippen molar-refractivity contribution in [2.24, 2.45) is 0 Å². The van der Waals surface area contributed by atoms with Gasteiger partial charge >= 0.3 is 5.97 Å². The van der Waals surface area contributed by atoms with Gasteiger partial charge in [0.15, 0.2) is 5.75 Å². The molecule has 4 nitrogen and oxygen atoms in total. The lowest BCUT2D eigenvalue weighted by Crippen LogP contribution is -2.01. The summed E-state index contributed by atoms with van der Waals surface area (Å²) in [6, 6.07) is 15.6. The van der Waals surface area contributed by atoms with Crippen LogP contribution in [0.3, 0.4) is 0 Å². The van der Waals surface area contributed by atoms with Crippen molar-refractivity contribution < 1.29 is 15.0 Å². The van der Waals surface area contributed by atoms with Gasteiger partial charge < -0.3 is 15.5 Å². The molecule has 0 heterocycles. The fourth-order valence-corrected chi connectivity index (χ4v) is 2.46. The normalized spacial score (nSPS) is 10.6. The number of hydrogen-bond donors (Lipinski definition) is 3. The number of halogens is 1. The third-order valence-electron chi connectivity index (χ3n) is 3.36. The molecular formula is C17H12ClNO3. The maximum absolute atomic E-state index is 11.5. The van der Waals surface area contributed by atoms with E-state index in [2.05, 4.69) is 5.32 Å². The molecule has 0 spiro atoms. The van der Waals surface area contributed by atoms with E-state index in [9.17, 15) is 15.0 Å². The Bertz CT molecular complexity index is 860. The maximum atomic E-state index is 11.5. The highest BCUT2D eigenvalue weighted by molar-refractivity contribution is 6.30. The maximum Gasteiger partial charge on any atom is 0.340 e. The van der Waals surface area contributed by atoms with Crippen LogP contribution in [0.1, 0.15) is 10.4 Å². The van der Waals surface area contributed by atoms with E-state index < -0.39 is 5.97 Å². The molecule has 0 saturated carbocycles. The van der Waals surface area contributed by atoms with Crippen molar-refractivity contribution in [1.82, 2.24) is 0 Å². The van der Waals surface area contributed by atoms with Gasteiger partial charge in [-0.1, -0.05) is 35.9 Å². The van der Waals surface area contributed by atoms with Crippen LogP contribution >= 0.6 is 11.6 Å². The standard InChI is InChI=1S/C17H12ClNO3/c18-11-5-7-12(8-6-11)19-14-9-10-3-1-2-4-13(10)15(16(14)20)17(21)22/h1-9,19-20H,(H,21,22). The second-order valence-corrected chi connectivity index (χ2v) is 5.24. The molecule has 22 heavy (non-hydrogen) atoms. The van der Waals surface area contributed by atoms with E-state index in [-0.39, 0.29) is 11.3 Å². The number of hydrogen-bond acceptors (Lipinski definition) is 3. The monoisotopic (exact) mass is 313 g/mol. The highest BCUT2D eigenvalue weighted by Crippen LogP contribution is 2.36. The lowest BCUT2D eigenvalue weighted by Gasteiger charge is -2.13. The molecule has 0 radical (unpaired) electrons. The molecule has 0 bridgehead atoms. The van der Waals surface area contributed by atoms with Gasteiger partial charge in [-0.25, -0.2) is 4.79 Å². The highest BCUT2D eigenvalue weighted by atomic mass is 35.5. The summed E-state index contributed by atoms with van der Waals surface area (Å²) in [5.74, 6) is -1.46. The van der Waals surface area contributed by atoms with Crippen molar-refractivity contribution in [2.75, 3.05) is 5.32 Å². The molecule has 0 fully saturated rings. The topological polar surface area (TPSA) is 69.6 Å². The first-order valence-corrected chi connectivity index (χ1v) is 6.94. The minimum Gasteiger partial charge on any atom is -0.505 e. The lowest BCUT2D eigenvalue weighted by molar-refractivity contribution is 0.0696. The van der Waals surface area contributed by atoms with Crippen LogP contribution in [0.25, 0.3) is 10.8 Å². The van der Waals surface area contributed by atoms with Crippen molar-refractivity contribution >= 4 is 39.7 Å². The average Bonchev–Trinajstić information content (AvgIpc) is 2.50. The average molecular weight is 314 g/mol. The number of phenols is 1. The van der Waals surface area contributed by atoms with E-state index in [1.54, 1.807) is 48.5 Å². The quantitative estimate of drug-likeness (QED) is 0.616. The predicted octanol–water partition coefficient (Wildman–Crippen LogP) is 4.64. The Labute approximate surface area is 131 Å². The zero-order chi connectivity index (χ0) is 15.7. The lowest BCUT2D eigenvalue weighted by atomic mass is 10.0. The van der Waals surface area contributed by atoms with Gasteiger partial charge in [-0.05, 0) is 35.7 Å². The number of benzene rings is 3. The van der Waals surface area contributed by atoms with E-state index in [0.29, 0.717) is 21.8 Å². The number of fused-ring (bicyclic) bond motifs is 1. The Morgan fingerprint density at radius 1 is 1.05 bits per heavy atom. The molecule has 3 rings (SSSR count). The number of aromatic hydroxyl groups is 1. The molecule has 110 valence electrons. The smallest absolute Gasteiger partial charge is 0.340 e. The number of anilines is 2. The van der Waals surface area contributed by atoms with Crippen molar-refractivity contribution in [2.45, 2.75) is 0 Å². The third-order valence-corrected chi connectivity index (χ3v) is 3.61. The second-order valence-electron chi connectivity index (χ2n) is 4.81. The Kier molecular flexibility index (Phi) is 3.61. The van der Waals surface area contributed by atoms with Crippen molar-refractivity contribution in [3.8, 4) is 5.75 Å². The molecule has 0 unspecified atom stereocenters. The van der Waals surface area contributed by atoms with E-state index >= 15 is 0 Å². The van der Waals surface area contributed by atoms with Gasteiger partial charge in [-0.2, -0.15) is 0 Å². The van der Waals surface area contributed by atoms with Gasteiger partial charge in [0, 0.05) is 16.1 Å². The SMILES string of the molecule is O=C(O)c1c(O)c(Nc2ccc(Cl)cc2)cc2ccccc12. The molecule has 3 aromatic carbocycles. The third kappa shape index (κ3) is 2.56. The van der Waals surface area contributed by atoms with Gasteiger partial charge in [0.05, 0.1) is 5.69 Å². The highest BCUT2D eigenvalue weighted by Gasteiger charge is 2.18. The predicted molar refractivity (Wildman–Crippen MR) is 87.3 cm³/mol. The van der Waals surface area contributed by atoms with Crippen LogP contribution in [0, 0.1) is 0 Å². The number of carbonyl (C=O) groups is 1. The number of carboxylic acid groups (broad SMARTS) is 1. The minimum atomic E-state index is -1.17. The van der Waals surface area contributed by atoms with Crippen molar-refractivity contribution in [3.05, 3.63) is 65.2 Å². The summed E-state index contributed by atoms with van der Waals surface area (Å²) in [6.45, 7) is 0. The zero-order valence-electron chi connectivity index (χ0n) is 11.4. The molecule has 0 aliphatic carbocycles. The van der Waals surface area contributed by atoms with Crippen LogP contribution in [-0.2, 0) is 0 Å². The summed E-state index contributed by atoms with van der Waals surface area (Å²) in [4.78, 5) is 11.5. The molecule has 0 aromatic heterocycles. The van der Waals surface area contributed by atoms with Crippen LogP contribution in [0.2, 0.25) is 5.02 Å². The first kappa shape index (κ1) is 14.2. The van der Waals surface area contributed by atoms with Gasteiger partial charge in [0.2, 0.25) is 0 Å². The molecule has 0 atom stereocenters. The van der Waals surface area contributed by atoms with Crippen LogP contribution < -0.4 is 5.32 Å². The Morgan fingerprint density at radius 3 is 2.41 bits per heavy atom. The van der Waals surface area contributed by atoms with E-state index in [4.69, 9.17) is 11.6 Å².